The Morgan fingerprint density at radius 3 is 2.53 bits per heavy atom. The molecule has 1 aliphatic rings. The number of unbranched alkanes of at least 4 members (excludes halogenated alkanes) is 1. The van der Waals surface area contributed by atoms with Gasteiger partial charge in [0.25, 0.3) is 0 Å². The van der Waals surface area contributed by atoms with Crippen LogP contribution in [0.2, 0.25) is 0 Å². The number of benzene rings is 1. The summed E-state index contributed by atoms with van der Waals surface area (Å²) in [7, 11) is 1.72. The average molecular weight is 325 g/mol. The van der Waals surface area contributed by atoms with Gasteiger partial charge in [0.05, 0.1) is 11.6 Å². The molecule has 0 N–H and O–H groups in total. The number of halogens is 1. The third-order valence-corrected chi connectivity index (χ3v) is 5.08. The van der Waals surface area contributed by atoms with Crippen molar-refractivity contribution in [1.29, 1.82) is 0 Å². The predicted octanol–water partition coefficient (Wildman–Crippen LogP) is 5.92. The smallest absolute Gasteiger partial charge is 0.133 e. The number of hydrogen-bond donors (Lipinski definition) is 0. The van der Waals surface area contributed by atoms with Crippen molar-refractivity contribution in [3.63, 3.8) is 0 Å². The van der Waals surface area contributed by atoms with E-state index in [0.717, 1.165) is 22.1 Å². The van der Waals surface area contributed by atoms with Crippen molar-refractivity contribution in [2.45, 2.75) is 57.8 Å². The van der Waals surface area contributed by atoms with Crippen LogP contribution in [0.15, 0.2) is 22.7 Å². The summed E-state index contributed by atoms with van der Waals surface area (Å²) in [5, 5.41) is 0. The van der Waals surface area contributed by atoms with E-state index in [0.29, 0.717) is 0 Å². The second kappa shape index (κ2) is 7.33. The Labute approximate surface area is 125 Å². The molecule has 0 aliphatic heterocycles. The van der Waals surface area contributed by atoms with Gasteiger partial charge >= 0.3 is 0 Å². The van der Waals surface area contributed by atoms with E-state index in [1.165, 1.54) is 50.5 Å². The predicted molar refractivity (Wildman–Crippen MR) is 84.9 cm³/mol. The van der Waals surface area contributed by atoms with Gasteiger partial charge in [0.15, 0.2) is 0 Å². The summed E-state index contributed by atoms with van der Waals surface area (Å²) in [5.74, 6) is 2.67. The lowest BCUT2D eigenvalue weighted by molar-refractivity contribution is 0.304. The maximum Gasteiger partial charge on any atom is 0.133 e. The van der Waals surface area contributed by atoms with Crippen LogP contribution in [0, 0.1) is 5.92 Å². The fourth-order valence-electron chi connectivity index (χ4n) is 3.21. The van der Waals surface area contributed by atoms with E-state index in [-0.39, 0.29) is 0 Å². The SMILES string of the molecule is CCCCC1CCC(c2ccc(OC)c(Br)c2)CC1. The molecule has 0 heterocycles. The Balaban J connectivity index is 1.92. The molecule has 0 aromatic heterocycles. The van der Waals surface area contributed by atoms with Crippen LogP contribution in [0.3, 0.4) is 0 Å². The van der Waals surface area contributed by atoms with Crippen molar-refractivity contribution in [1.82, 2.24) is 0 Å². The van der Waals surface area contributed by atoms with E-state index in [1.54, 1.807) is 7.11 Å². The molecule has 0 bridgehead atoms. The van der Waals surface area contributed by atoms with Crippen LogP contribution in [0.1, 0.15) is 63.4 Å². The monoisotopic (exact) mass is 324 g/mol. The Bertz CT molecular complexity index is 394. The number of methoxy groups -OCH3 is 1. The third kappa shape index (κ3) is 3.98. The van der Waals surface area contributed by atoms with E-state index in [4.69, 9.17) is 4.74 Å². The molecule has 1 aromatic rings. The molecule has 2 heteroatoms. The molecule has 1 nitrogen and oxygen atoms in total. The van der Waals surface area contributed by atoms with Crippen molar-refractivity contribution in [3.8, 4) is 5.75 Å². The quantitative estimate of drug-likeness (QED) is 0.653. The maximum atomic E-state index is 5.30. The van der Waals surface area contributed by atoms with Crippen LogP contribution in [0.25, 0.3) is 0 Å². The average Bonchev–Trinajstić information content (AvgIpc) is 2.45. The first-order chi connectivity index (χ1) is 9.24. The van der Waals surface area contributed by atoms with Crippen LogP contribution in [0.5, 0.6) is 5.75 Å². The lowest BCUT2D eigenvalue weighted by atomic mass is 9.77. The highest BCUT2D eigenvalue weighted by atomic mass is 79.9. The topological polar surface area (TPSA) is 9.23 Å². The Morgan fingerprint density at radius 2 is 1.95 bits per heavy atom. The summed E-state index contributed by atoms with van der Waals surface area (Å²) in [6, 6.07) is 6.57. The molecule has 106 valence electrons. The number of hydrogen-bond acceptors (Lipinski definition) is 1. The minimum Gasteiger partial charge on any atom is -0.496 e. The van der Waals surface area contributed by atoms with Gasteiger partial charge in [-0.2, -0.15) is 0 Å². The maximum absolute atomic E-state index is 5.30. The van der Waals surface area contributed by atoms with E-state index in [1.807, 2.05) is 0 Å². The molecule has 0 atom stereocenters. The van der Waals surface area contributed by atoms with E-state index < -0.39 is 0 Å². The van der Waals surface area contributed by atoms with Gasteiger partial charge in [-0.15, -0.1) is 0 Å². The van der Waals surface area contributed by atoms with Crippen molar-refractivity contribution < 1.29 is 4.74 Å². The fraction of sp³-hybridized carbons (Fsp3) is 0.647. The molecule has 0 amide bonds. The second-order valence-electron chi connectivity index (χ2n) is 5.75. The number of ether oxygens (including phenoxy) is 1. The van der Waals surface area contributed by atoms with Gasteiger partial charge in [0.1, 0.15) is 5.75 Å². The van der Waals surface area contributed by atoms with Gasteiger partial charge in [0, 0.05) is 0 Å². The zero-order valence-electron chi connectivity index (χ0n) is 12.1. The van der Waals surface area contributed by atoms with Gasteiger partial charge in [-0.25, -0.2) is 0 Å². The molecule has 19 heavy (non-hydrogen) atoms. The van der Waals surface area contributed by atoms with Crippen LogP contribution >= 0.6 is 15.9 Å². The van der Waals surface area contributed by atoms with Crippen molar-refractivity contribution in [2.75, 3.05) is 7.11 Å². The summed E-state index contributed by atoms with van der Waals surface area (Å²) in [4.78, 5) is 0. The second-order valence-corrected chi connectivity index (χ2v) is 6.61. The molecule has 0 unspecified atom stereocenters. The summed E-state index contributed by atoms with van der Waals surface area (Å²) >= 11 is 3.59. The Hall–Kier alpha value is -0.500. The van der Waals surface area contributed by atoms with Gasteiger partial charge in [-0.1, -0.05) is 32.3 Å². The summed E-state index contributed by atoms with van der Waals surface area (Å²) in [5.41, 5.74) is 1.47. The van der Waals surface area contributed by atoms with Crippen LogP contribution in [-0.2, 0) is 0 Å². The molecule has 1 aliphatic carbocycles. The first-order valence-electron chi connectivity index (χ1n) is 7.58. The first kappa shape index (κ1) is 14.9. The lowest BCUT2D eigenvalue weighted by Gasteiger charge is -2.29. The molecule has 1 fully saturated rings. The molecule has 1 aromatic carbocycles. The lowest BCUT2D eigenvalue weighted by Crippen LogP contribution is -2.13. The highest BCUT2D eigenvalue weighted by Crippen LogP contribution is 2.39. The highest BCUT2D eigenvalue weighted by molar-refractivity contribution is 9.10. The summed E-state index contributed by atoms with van der Waals surface area (Å²) < 4.78 is 6.39. The Kier molecular flexibility index (Phi) is 5.75. The van der Waals surface area contributed by atoms with Crippen LogP contribution < -0.4 is 4.74 Å². The minimum absolute atomic E-state index is 0.750. The molecular weight excluding hydrogens is 300 g/mol. The first-order valence-corrected chi connectivity index (χ1v) is 8.37. The molecule has 0 spiro atoms. The van der Waals surface area contributed by atoms with E-state index >= 15 is 0 Å². The van der Waals surface area contributed by atoms with Crippen molar-refractivity contribution in [3.05, 3.63) is 28.2 Å². The van der Waals surface area contributed by atoms with Gasteiger partial charge < -0.3 is 4.74 Å². The Morgan fingerprint density at radius 1 is 1.21 bits per heavy atom. The fourth-order valence-corrected chi connectivity index (χ4v) is 3.77. The summed E-state index contributed by atoms with van der Waals surface area (Å²) in [6.07, 6.45) is 9.72. The highest BCUT2D eigenvalue weighted by Gasteiger charge is 2.22. The van der Waals surface area contributed by atoms with Crippen molar-refractivity contribution in [2.24, 2.45) is 5.92 Å². The van der Waals surface area contributed by atoms with E-state index in [9.17, 15) is 0 Å². The van der Waals surface area contributed by atoms with Crippen molar-refractivity contribution >= 4 is 15.9 Å². The minimum atomic E-state index is 0.750. The molecule has 2 rings (SSSR count). The molecular formula is C17H25BrO. The van der Waals surface area contributed by atoms with Crippen LogP contribution in [-0.4, -0.2) is 7.11 Å². The van der Waals surface area contributed by atoms with Crippen LogP contribution in [0.4, 0.5) is 0 Å². The zero-order valence-corrected chi connectivity index (χ0v) is 13.7. The zero-order chi connectivity index (χ0) is 13.7. The largest absolute Gasteiger partial charge is 0.496 e. The third-order valence-electron chi connectivity index (χ3n) is 4.46. The van der Waals surface area contributed by atoms with Gasteiger partial charge in [0.2, 0.25) is 0 Å². The molecule has 0 saturated heterocycles. The standard InChI is InChI=1S/C17H25BrO/c1-3-4-5-13-6-8-14(9-7-13)15-10-11-17(19-2)16(18)12-15/h10-14H,3-9H2,1-2H3. The van der Waals surface area contributed by atoms with Gasteiger partial charge in [-0.05, 0) is 71.1 Å². The normalized spacial score (nSPS) is 23.3. The molecule has 1 saturated carbocycles. The van der Waals surface area contributed by atoms with E-state index in [2.05, 4.69) is 41.1 Å². The van der Waals surface area contributed by atoms with Gasteiger partial charge in [-0.3, -0.25) is 0 Å². The molecule has 0 radical (unpaired) electrons. The number of rotatable bonds is 5. The summed E-state index contributed by atoms with van der Waals surface area (Å²) in [6.45, 7) is 2.29.